The van der Waals surface area contributed by atoms with Crippen molar-refractivity contribution in [3.63, 3.8) is 0 Å². The molecule has 0 unspecified atom stereocenters. The Morgan fingerprint density at radius 3 is 2.56 bits per heavy atom. The van der Waals surface area contributed by atoms with Crippen molar-refractivity contribution in [1.29, 1.82) is 0 Å². The van der Waals surface area contributed by atoms with E-state index in [1.807, 2.05) is 13.8 Å². The van der Waals surface area contributed by atoms with Gasteiger partial charge in [0.1, 0.15) is 0 Å². The van der Waals surface area contributed by atoms with E-state index in [-0.39, 0.29) is 23.2 Å². The second kappa shape index (κ2) is 6.49. The van der Waals surface area contributed by atoms with Gasteiger partial charge < -0.3 is 5.32 Å². The van der Waals surface area contributed by atoms with Crippen molar-refractivity contribution in [2.45, 2.75) is 32.7 Å². The number of non-ortho nitro benzene ring substituents is 1. The van der Waals surface area contributed by atoms with Crippen molar-refractivity contribution >= 4 is 27.5 Å². The first-order valence-corrected chi connectivity index (χ1v) is 6.53. The first-order valence-electron chi connectivity index (χ1n) is 5.74. The first-order chi connectivity index (χ1) is 8.49. The monoisotopic (exact) mass is 314 g/mol. The van der Waals surface area contributed by atoms with E-state index in [1.165, 1.54) is 18.2 Å². The molecule has 0 bridgehead atoms. The standard InChI is InChI=1S/C12H15BrN2O3/c1-3-8(4-2)14-12(16)10-7-9(15(17)18)5-6-11(10)13/h5-8H,3-4H2,1-2H3,(H,14,16). The lowest BCUT2D eigenvalue weighted by molar-refractivity contribution is -0.384. The van der Waals surface area contributed by atoms with E-state index in [0.717, 1.165) is 12.8 Å². The maximum absolute atomic E-state index is 12.0. The van der Waals surface area contributed by atoms with Crippen LogP contribution >= 0.6 is 15.9 Å². The number of nitrogens with one attached hydrogen (secondary N) is 1. The molecule has 0 radical (unpaired) electrons. The van der Waals surface area contributed by atoms with E-state index in [0.29, 0.717) is 4.47 Å². The molecule has 0 aliphatic carbocycles. The van der Waals surface area contributed by atoms with E-state index in [9.17, 15) is 14.9 Å². The molecule has 1 aromatic rings. The fourth-order valence-electron chi connectivity index (χ4n) is 1.56. The second-order valence-electron chi connectivity index (χ2n) is 3.91. The number of hydrogen-bond donors (Lipinski definition) is 1. The lowest BCUT2D eigenvalue weighted by Crippen LogP contribution is -2.34. The number of carbonyl (C=O) groups is 1. The summed E-state index contributed by atoms with van der Waals surface area (Å²) in [6.07, 6.45) is 1.66. The predicted octanol–water partition coefficient (Wildman–Crippen LogP) is 3.28. The summed E-state index contributed by atoms with van der Waals surface area (Å²) in [6.45, 7) is 3.97. The quantitative estimate of drug-likeness (QED) is 0.669. The highest BCUT2D eigenvalue weighted by Gasteiger charge is 2.17. The summed E-state index contributed by atoms with van der Waals surface area (Å²) < 4.78 is 0.552. The molecule has 18 heavy (non-hydrogen) atoms. The lowest BCUT2D eigenvalue weighted by Gasteiger charge is -2.15. The summed E-state index contributed by atoms with van der Waals surface area (Å²) in [5, 5.41) is 13.5. The maximum atomic E-state index is 12.0. The molecule has 0 atom stereocenters. The van der Waals surface area contributed by atoms with E-state index in [1.54, 1.807) is 0 Å². The van der Waals surface area contributed by atoms with Gasteiger partial charge in [0.2, 0.25) is 0 Å². The summed E-state index contributed by atoms with van der Waals surface area (Å²) in [6, 6.07) is 4.24. The molecule has 0 aliphatic rings. The molecule has 1 amide bonds. The average molecular weight is 315 g/mol. The molecule has 1 rings (SSSR count). The SMILES string of the molecule is CCC(CC)NC(=O)c1cc([N+](=O)[O-])ccc1Br. The Balaban J connectivity index is 2.97. The third-order valence-electron chi connectivity index (χ3n) is 2.73. The Morgan fingerprint density at radius 2 is 2.06 bits per heavy atom. The number of halogens is 1. The van der Waals surface area contributed by atoms with Gasteiger partial charge in [-0.2, -0.15) is 0 Å². The highest BCUT2D eigenvalue weighted by molar-refractivity contribution is 9.10. The van der Waals surface area contributed by atoms with Gasteiger partial charge >= 0.3 is 0 Å². The zero-order valence-corrected chi connectivity index (χ0v) is 11.9. The van der Waals surface area contributed by atoms with Crippen LogP contribution in [0.5, 0.6) is 0 Å². The van der Waals surface area contributed by atoms with Gasteiger partial charge in [-0.3, -0.25) is 14.9 Å². The van der Waals surface area contributed by atoms with E-state index in [2.05, 4.69) is 21.2 Å². The Labute approximate surface area is 114 Å². The fourth-order valence-corrected chi connectivity index (χ4v) is 1.98. The van der Waals surface area contributed by atoms with Crippen LogP contribution in [-0.2, 0) is 0 Å². The predicted molar refractivity (Wildman–Crippen MR) is 72.6 cm³/mol. The van der Waals surface area contributed by atoms with Crippen LogP contribution < -0.4 is 5.32 Å². The molecular formula is C12H15BrN2O3. The Bertz CT molecular complexity index is 459. The molecular weight excluding hydrogens is 300 g/mol. The summed E-state index contributed by atoms with van der Waals surface area (Å²) in [5.74, 6) is -0.292. The summed E-state index contributed by atoms with van der Waals surface area (Å²) in [4.78, 5) is 22.2. The lowest BCUT2D eigenvalue weighted by atomic mass is 10.1. The van der Waals surface area contributed by atoms with E-state index >= 15 is 0 Å². The van der Waals surface area contributed by atoms with Gasteiger partial charge in [0.05, 0.1) is 10.5 Å². The molecule has 0 spiro atoms. The number of carbonyl (C=O) groups excluding carboxylic acids is 1. The smallest absolute Gasteiger partial charge is 0.270 e. The largest absolute Gasteiger partial charge is 0.349 e. The Kier molecular flexibility index (Phi) is 5.27. The third-order valence-corrected chi connectivity index (χ3v) is 3.42. The minimum absolute atomic E-state index is 0.0867. The van der Waals surface area contributed by atoms with Crippen molar-refractivity contribution in [3.8, 4) is 0 Å². The van der Waals surface area contributed by atoms with Gasteiger partial charge in [-0.25, -0.2) is 0 Å². The van der Waals surface area contributed by atoms with Crippen molar-refractivity contribution in [2.24, 2.45) is 0 Å². The average Bonchev–Trinajstić information content (AvgIpc) is 2.35. The van der Waals surface area contributed by atoms with Crippen LogP contribution in [0.15, 0.2) is 22.7 Å². The minimum Gasteiger partial charge on any atom is -0.349 e. The second-order valence-corrected chi connectivity index (χ2v) is 4.76. The number of hydrogen-bond acceptors (Lipinski definition) is 3. The zero-order chi connectivity index (χ0) is 13.7. The van der Waals surface area contributed by atoms with Crippen LogP contribution in [-0.4, -0.2) is 16.9 Å². The fraction of sp³-hybridized carbons (Fsp3) is 0.417. The van der Waals surface area contributed by atoms with E-state index < -0.39 is 4.92 Å². The van der Waals surface area contributed by atoms with Crippen molar-refractivity contribution in [1.82, 2.24) is 5.32 Å². The zero-order valence-electron chi connectivity index (χ0n) is 10.3. The molecule has 1 N–H and O–H groups in total. The summed E-state index contributed by atoms with van der Waals surface area (Å²) >= 11 is 3.23. The molecule has 0 aromatic heterocycles. The highest BCUT2D eigenvalue weighted by Crippen LogP contribution is 2.22. The topological polar surface area (TPSA) is 72.2 Å². The molecule has 0 fully saturated rings. The third kappa shape index (κ3) is 3.53. The molecule has 6 heteroatoms. The number of rotatable bonds is 5. The molecule has 0 saturated heterocycles. The molecule has 1 aromatic carbocycles. The minimum atomic E-state index is -0.514. The molecule has 0 aliphatic heterocycles. The number of benzene rings is 1. The first kappa shape index (κ1) is 14.6. The van der Waals surface area contributed by atoms with Gasteiger partial charge in [-0.1, -0.05) is 13.8 Å². The number of nitro groups is 1. The number of nitro benzene ring substituents is 1. The van der Waals surface area contributed by atoms with E-state index in [4.69, 9.17) is 0 Å². The Hall–Kier alpha value is -1.43. The Morgan fingerprint density at radius 1 is 1.44 bits per heavy atom. The number of amides is 1. The molecule has 0 saturated carbocycles. The summed E-state index contributed by atoms with van der Waals surface area (Å²) in [7, 11) is 0. The normalized spacial score (nSPS) is 10.4. The maximum Gasteiger partial charge on any atom is 0.270 e. The highest BCUT2D eigenvalue weighted by atomic mass is 79.9. The van der Waals surface area contributed by atoms with Crippen molar-refractivity contribution in [2.75, 3.05) is 0 Å². The van der Waals surface area contributed by atoms with Crippen molar-refractivity contribution < 1.29 is 9.72 Å². The molecule has 5 nitrogen and oxygen atoms in total. The van der Waals surface area contributed by atoms with Gasteiger partial charge in [0.25, 0.3) is 11.6 Å². The van der Waals surface area contributed by atoms with Gasteiger partial charge in [-0.05, 0) is 34.8 Å². The van der Waals surface area contributed by atoms with Gasteiger partial charge in [0, 0.05) is 22.6 Å². The van der Waals surface area contributed by atoms with Gasteiger partial charge in [-0.15, -0.1) is 0 Å². The van der Waals surface area contributed by atoms with Crippen LogP contribution in [0.2, 0.25) is 0 Å². The van der Waals surface area contributed by atoms with Gasteiger partial charge in [0.15, 0.2) is 0 Å². The molecule has 98 valence electrons. The summed E-state index contributed by atoms with van der Waals surface area (Å²) in [5.41, 5.74) is 0.198. The van der Waals surface area contributed by atoms with Crippen LogP contribution in [0, 0.1) is 10.1 Å². The molecule has 0 heterocycles. The van der Waals surface area contributed by atoms with Crippen LogP contribution in [0.3, 0.4) is 0 Å². The van der Waals surface area contributed by atoms with Crippen LogP contribution in [0.25, 0.3) is 0 Å². The van der Waals surface area contributed by atoms with Crippen LogP contribution in [0.1, 0.15) is 37.0 Å². The number of nitrogens with zero attached hydrogens (tertiary/aromatic N) is 1. The van der Waals surface area contributed by atoms with Crippen LogP contribution in [0.4, 0.5) is 5.69 Å². The van der Waals surface area contributed by atoms with Crippen molar-refractivity contribution in [3.05, 3.63) is 38.3 Å².